The average molecular weight is 445 g/mol. The highest BCUT2D eigenvalue weighted by atomic mass is 35.5. The van der Waals surface area contributed by atoms with Crippen LogP contribution in [0.1, 0.15) is 29.4 Å². The molecule has 0 radical (unpaired) electrons. The van der Waals surface area contributed by atoms with Gasteiger partial charge in [0.2, 0.25) is 5.91 Å². The number of thioether (sulfide) groups is 1. The van der Waals surface area contributed by atoms with E-state index in [0.717, 1.165) is 28.3 Å². The Labute approximate surface area is 186 Å². The monoisotopic (exact) mass is 444 g/mol. The molecule has 3 rings (SSSR count). The Kier molecular flexibility index (Phi) is 7.39. The van der Waals surface area contributed by atoms with Crippen molar-refractivity contribution in [1.29, 1.82) is 0 Å². The molecule has 1 N–H and O–H groups in total. The fourth-order valence-corrected chi connectivity index (χ4v) is 4.07. The highest BCUT2D eigenvalue weighted by Crippen LogP contribution is 2.24. The van der Waals surface area contributed by atoms with Gasteiger partial charge in [0.25, 0.3) is 0 Å². The Morgan fingerprint density at radius 1 is 1.17 bits per heavy atom. The first kappa shape index (κ1) is 22.2. The highest BCUT2D eigenvalue weighted by Gasteiger charge is 2.14. The number of hydrogen-bond donors (Lipinski definition) is 1. The molecule has 158 valence electrons. The van der Waals surface area contributed by atoms with Gasteiger partial charge in [0.1, 0.15) is 12.4 Å². The van der Waals surface area contributed by atoms with Crippen LogP contribution in [0.2, 0.25) is 5.02 Å². The number of nitrogens with zero attached hydrogens (tertiary/aromatic N) is 3. The number of benzene rings is 2. The number of halogens is 1. The minimum atomic E-state index is -0.121. The van der Waals surface area contributed by atoms with Gasteiger partial charge < -0.3 is 14.6 Å². The van der Waals surface area contributed by atoms with E-state index in [4.69, 9.17) is 16.3 Å². The van der Waals surface area contributed by atoms with Gasteiger partial charge in [0.15, 0.2) is 11.0 Å². The van der Waals surface area contributed by atoms with E-state index in [0.29, 0.717) is 29.0 Å². The third kappa shape index (κ3) is 5.55. The topological polar surface area (TPSA) is 69.0 Å². The third-order valence-electron chi connectivity index (χ3n) is 4.55. The number of hydrogen-bond acceptors (Lipinski definition) is 5. The van der Waals surface area contributed by atoms with Crippen LogP contribution in [0, 0.1) is 20.8 Å². The van der Waals surface area contributed by atoms with Gasteiger partial charge in [-0.15, -0.1) is 10.2 Å². The number of carbonyl (C=O) groups is 1. The average Bonchev–Trinajstić information content (AvgIpc) is 3.09. The molecule has 0 fully saturated rings. The third-order valence-corrected chi connectivity index (χ3v) is 5.92. The molecular formula is C22H25ClN4O2S. The summed E-state index contributed by atoms with van der Waals surface area (Å²) in [5.74, 6) is 1.64. The molecule has 1 heterocycles. The predicted octanol–water partition coefficient (Wildman–Crippen LogP) is 5.19. The van der Waals surface area contributed by atoms with Crippen molar-refractivity contribution in [2.45, 2.75) is 46.0 Å². The first-order valence-electron chi connectivity index (χ1n) is 9.68. The lowest BCUT2D eigenvalue weighted by Gasteiger charge is -2.11. The number of aryl methyl sites for hydroxylation is 2. The molecular weight excluding hydrogens is 420 g/mol. The lowest BCUT2D eigenvalue weighted by atomic mass is 10.1. The molecule has 8 heteroatoms. The maximum atomic E-state index is 12.4. The number of aromatic nitrogens is 3. The Hall–Kier alpha value is -2.51. The fraction of sp³-hybridized carbons (Fsp3) is 0.318. The van der Waals surface area contributed by atoms with Gasteiger partial charge in [-0.3, -0.25) is 4.79 Å². The summed E-state index contributed by atoms with van der Waals surface area (Å²) in [4.78, 5) is 12.4. The van der Waals surface area contributed by atoms with E-state index in [1.165, 1.54) is 11.8 Å². The van der Waals surface area contributed by atoms with Crippen LogP contribution in [-0.2, 0) is 17.9 Å². The number of amides is 1. The second-order valence-electron chi connectivity index (χ2n) is 7.00. The summed E-state index contributed by atoms with van der Waals surface area (Å²) in [6.45, 7) is 8.98. The second kappa shape index (κ2) is 10.00. The van der Waals surface area contributed by atoms with Crippen molar-refractivity contribution in [3.05, 3.63) is 63.9 Å². The molecule has 30 heavy (non-hydrogen) atoms. The van der Waals surface area contributed by atoms with Gasteiger partial charge >= 0.3 is 0 Å². The van der Waals surface area contributed by atoms with Crippen LogP contribution in [0.15, 0.2) is 41.6 Å². The summed E-state index contributed by atoms with van der Waals surface area (Å²) < 4.78 is 7.88. The molecule has 0 aliphatic carbocycles. The molecule has 0 saturated heterocycles. The van der Waals surface area contributed by atoms with Crippen molar-refractivity contribution >= 4 is 35.0 Å². The Balaban J connectivity index is 1.61. The molecule has 0 bridgehead atoms. The number of rotatable bonds is 8. The van der Waals surface area contributed by atoms with Gasteiger partial charge in [-0.2, -0.15) is 0 Å². The van der Waals surface area contributed by atoms with Gasteiger partial charge in [-0.1, -0.05) is 35.5 Å². The van der Waals surface area contributed by atoms with Crippen molar-refractivity contribution in [1.82, 2.24) is 14.8 Å². The minimum Gasteiger partial charge on any atom is -0.486 e. The fourth-order valence-electron chi connectivity index (χ4n) is 3.07. The van der Waals surface area contributed by atoms with E-state index < -0.39 is 0 Å². The van der Waals surface area contributed by atoms with Crippen LogP contribution in [0.3, 0.4) is 0 Å². The molecule has 0 atom stereocenters. The van der Waals surface area contributed by atoms with E-state index in [9.17, 15) is 4.79 Å². The number of nitrogens with one attached hydrogen (secondary N) is 1. The van der Waals surface area contributed by atoms with E-state index in [1.54, 1.807) is 6.07 Å². The van der Waals surface area contributed by atoms with Crippen LogP contribution in [0.25, 0.3) is 0 Å². The molecule has 3 aromatic rings. The SMILES string of the molecule is CCn1c(COc2cc(C)cc(C)c2)nnc1SCC(=O)Nc1cccc(Cl)c1C. The quantitative estimate of drug-likeness (QED) is 0.484. The van der Waals surface area contributed by atoms with Crippen LogP contribution in [-0.4, -0.2) is 26.4 Å². The summed E-state index contributed by atoms with van der Waals surface area (Å²) >= 11 is 7.46. The Morgan fingerprint density at radius 3 is 2.60 bits per heavy atom. The molecule has 0 aliphatic rings. The van der Waals surface area contributed by atoms with E-state index >= 15 is 0 Å². The normalized spacial score (nSPS) is 10.8. The molecule has 0 saturated carbocycles. The van der Waals surface area contributed by atoms with E-state index in [1.807, 2.05) is 56.5 Å². The van der Waals surface area contributed by atoms with Gasteiger partial charge in [0.05, 0.1) is 5.75 Å². The summed E-state index contributed by atoms with van der Waals surface area (Å²) in [5.41, 5.74) is 3.87. The van der Waals surface area contributed by atoms with E-state index in [-0.39, 0.29) is 11.7 Å². The molecule has 1 aromatic heterocycles. The molecule has 1 amide bonds. The van der Waals surface area contributed by atoms with Crippen molar-refractivity contribution in [3.63, 3.8) is 0 Å². The first-order valence-corrected chi connectivity index (χ1v) is 11.0. The van der Waals surface area contributed by atoms with Gasteiger partial charge in [-0.05, 0) is 68.7 Å². The molecule has 0 aliphatic heterocycles. The summed E-state index contributed by atoms with van der Waals surface area (Å²) in [6, 6.07) is 11.5. The zero-order valence-corrected chi connectivity index (χ0v) is 19.1. The molecule has 0 unspecified atom stereocenters. The van der Waals surface area contributed by atoms with Crippen LogP contribution >= 0.6 is 23.4 Å². The van der Waals surface area contributed by atoms with Gasteiger partial charge in [0, 0.05) is 17.3 Å². The van der Waals surface area contributed by atoms with E-state index in [2.05, 4.69) is 21.6 Å². The lowest BCUT2D eigenvalue weighted by molar-refractivity contribution is -0.113. The summed E-state index contributed by atoms with van der Waals surface area (Å²) in [6.07, 6.45) is 0. The largest absolute Gasteiger partial charge is 0.486 e. The zero-order valence-electron chi connectivity index (χ0n) is 17.5. The Morgan fingerprint density at radius 2 is 1.90 bits per heavy atom. The van der Waals surface area contributed by atoms with Crippen molar-refractivity contribution in [3.8, 4) is 5.75 Å². The maximum absolute atomic E-state index is 12.4. The Bertz CT molecular complexity index is 1030. The molecule has 2 aromatic carbocycles. The molecule has 6 nitrogen and oxygen atoms in total. The van der Waals surface area contributed by atoms with Crippen LogP contribution in [0.4, 0.5) is 5.69 Å². The van der Waals surface area contributed by atoms with Crippen molar-refractivity contribution in [2.75, 3.05) is 11.1 Å². The van der Waals surface area contributed by atoms with Gasteiger partial charge in [-0.25, -0.2) is 0 Å². The van der Waals surface area contributed by atoms with Crippen LogP contribution < -0.4 is 10.1 Å². The lowest BCUT2D eigenvalue weighted by Crippen LogP contribution is -2.15. The first-order chi connectivity index (χ1) is 14.4. The maximum Gasteiger partial charge on any atom is 0.234 e. The standard InChI is InChI=1S/C22H25ClN4O2S/c1-5-27-20(12-29-17-10-14(2)9-15(3)11-17)25-26-22(27)30-13-21(28)24-19-8-6-7-18(23)16(19)4/h6-11H,5,12-13H2,1-4H3,(H,24,28). The highest BCUT2D eigenvalue weighted by molar-refractivity contribution is 7.99. The smallest absolute Gasteiger partial charge is 0.234 e. The van der Waals surface area contributed by atoms with Crippen LogP contribution in [0.5, 0.6) is 5.75 Å². The van der Waals surface area contributed by atoms with Crippen molar-refractivity contribution in [2.24, 2.45) is 0 Å². The molecule has 0 spiro atoms. The number of ether oxygens (including phenoxy) is 1. The predicted molar refractivity (Wildman–Crippen MR) is 121 cm³/mol. The number of anilines is 1. The zero-order chi connectivity index (χ0) is 21.7. The minimum absolute atomic E-state index is 0.121. The summed E-state index contributed by atoms with van der Waals surface area (Å²) in [7, 11) is 0. The second-order valence-corrected chi connectivity index (χ2v) is 8.35. The van der Waals surface area contributed by atoms with Crippen molar-refractivity contribution < 1.29 is 9.53 Å². The summed E-state index contributed by atoms with van der Waals surface area (Å²) in [5, 5.41) is 12.7. The number of carbonyl (C=O) groups excluding carboxylic acids is 1.